The summed E-state index contributed by atoms with van der Waals surface area (Å²) in [5.74, 6) is -3.08. The van der Waals surface area contributed by atoms with Crippen LogP contribution in [0.4, 0.5) is 39.5 Å². The smallest absolute Gasteiger partial charge is 0.406 e. The lowest BCUT2D eigenvalue weighted by Gasteiger charge is -2.12. The van der Waals surface area contributed by atoms with Gasteiger partial charge in [-0.25, -0.2) is 4.98 Å². The Morgan fingerprint density at radius 1 is 0.864 bits per heavy atom. The van der Waals surface area contributed by atoms with Crippen LogP contribution >= 0.6 is 0 Å². The Labute approximate surface area is 114 Å². The van der Waals surface area contributed by atoms with Crippen molar-refractivity contribution in [1.29, 1.82) is 0 Å². The van der Waals surface area contributed by atoms with E-state index in [-0.39, 0.29) is 6.07 Å². The second-order valence-electron chi connectivity index (χ2n) is 4.00. The summed E-state index contributed by atoms with van der Waals surface area (Å²) >= 11 is 0. The Hall–Kier alpha value is -2.14. The number of H-pyrrole nitrogens is 1. The molecule has 0 saturated carbocycles. The molecule has 0 amide bonds. The predicted molar refractivity (Wildman–Crippen MR) is 52.8 cm³/mol. The maximum Gasteiger partial charge on any atom is 0.573 e. The molecule has 0 aliphatic heterocycles. The number of halogens is 9. The van der Waals surface area contributed by atoms with Crippen molar-refractivity contribution >= 4 is 11.0 Å². The zero-order chi connectivity index (χ0) is 16.9. The van der Waals surface area contributed by atoms with E-state index in [0.29, 0.717) is 6.07 Å². The highest BCUT2D eigenvalue weighted by molar-refractivity contribution is 5.81. The van der Waals surface area contributed by atoms with Crippen LogP contribution in [0.25, 0.3) is 11.0 Å². The number of aromatic amines is 1. The van der Waals surface area contributed by atoms with Gasteiger partial charge in [-0.05, 0) is 6.07 Å². The van der Waals surface area contributed by atoms with Crippen molar-refractivity contribution in [2.45, 2.75) is 18.7 Å². The van der Waals surface area contributed by atoms with Crippen molar-refractivity contribution in [2.75, 3.05) is 0 Å². The van der Waals surface area contributed by atoms with Crippen LogP contribution in [0.3, 0.4) is 0 Å². The maximum atomic E-state index is 12.8. The minimum Gasteiger partial charge on any atom is -0.406 e. The SMILES string of the molecule is FC(F)(F)Oc1cc(C(F)(F)F)c2nc(C(F)(F)F)[nH]c2c1. The number of aromatic nitrogens is 2. The highest BCUT2D eigenvalue weighted by Crippen LogP contribution is 2.39. The highest BCUT2D eigenvalue weighted by atomic mass is 19.4. The van der Waals surface area contributed by atoms with E-state index >= 15 is 0 Å². The van der Waals surface area contributed by atoms with Crippen LogP contribution in [0.2, 0.25) is 0 Å². The van der Waals surface area contributed by atoms with Gasteiger partial charge in [-0.3, -0.25) is 0 Å². The van der Waals surface area contributed by atoms with Crippen molar-refractivity contribution in [1.82, 2.24) is 9.97 Å². The van der Waals surface area contributed by atoms with Crippen molar-refractivity contribution < 1.29 is 44.3 Å². The van der Waals surface area contributed by atoms with E-state index in [1.54, 1.807) is 0 Å². The van der Waals surface area contributed by atoms with Crippen LogP contribution in [-0.2, 0) is 12.4 Å². The normalized spacial score (nSPS) is 13.7. The minimum atomic E-state index is -5.30. The molecule has 0 radical (unpaired) electrons. The Bertz CT molecular complexity index is 695. The number of hydrogen-bond acceptors (Lipinski definition) is 2. The first-order valence-electron chi connectivity index (χ1n) is 5.21. The van der Waals surface area contributed by atoms with Gasteiger partial charge in [-0.1, -0.05) is 0 Å². The molecule has 12 heteroatoms. The number of nitrogens with one attached hydrogen (secondary N) is 1. The minimum absolute atomic E-state index is 0.0726. The largest absolute Gasteiger partial charge is 0.573 e. The summed E-state index contributed by atoms with van der Waals surface area (Å²) in [5.41, 5.74) is -3.83. The summed E-state index contributed by atoms with van der Waals surface area (Å²) in [6.45, 7) is 0. The molecular weight excluding hydrogens is 335 g/mol. The number of hydrogen-bond donors (Lipinski definition) is 1. The Balaban J connectivity index is 2.68. The lowest BCUT2D eigenvalue weighted by atomic mass is 10.1. The summed E-state index contributed by atoms with van der Waals surface area (Å²) < 4.78 is 115. The average molecular weight is 338 g/mol. The van der Waals surface area contributed by atoms with Gasteiger partial charge in [0.15, 0.2) is 0 Å². The van der Waals surface area contributed by atoms with Crippen molar-refractivity contribution in [3.05, 3.63) is 23.5 Å². The third kappa shape index (κ3) is 3.36. The molecule has 1 aromatic carbocycles. The molecular formula is C10H3F9N2O. The monoisotopic (exact) mass is 338 g/mol. The van der Waals surface area contributed by atoms with Gasteiger partial charge < -0.3 is 9.72 Å². The summed E-state index contributed by atoms with van der Waals surface area (Å²) in [7, 11) is 0. The predicted octanol–water partition coefficient (Wildman–Crippen LogP) is 4.50. The number of ether oxygens (including phenoxy) is 1. The van der Waals surface area contributed by atoms with Gasteiger partial charge in [-0.15, -0.1) is 13.2 Å². The zero-order valence-electron chi connectivity index (χ0n) is 9.91. The van der Waals surface area contributed by atoms with Gasteiger partial charge in [0.1, 0.15) is 11.3 Å². The molecule has 1 aromatic heterocycles. The molecule has 2 aromatic rings. The molecule has 0 atom stereocenters. The van der Waals surface area contributed by atoms with Crippen molar-refractivity contribution in [3.63, 3.8) is 0 Å². The van der Waals surface area contributed by atoms with Crippen LogP contribution in [0.5, 0.6) is 5.75 Å². The van der Waals surface area contributed by atoms with E-state index in [0.717, 1.165) is 0 Å². The lowest BCUT2D eigenvalue weighted by molar-refractivity contribution is -0.274. The first-order chi connectivity index (χ1) is 9.77. The second kappa shape index (κ2) is 4.68. The first-order valence-corrected chi connectivity index (χ1v) is 5.21. The molecule has 22 heavy (non-hydrogen) atoms. The summed E-state index contributed by atoms with van der Waals surface area (Å²) in [5, 5.41) is 0. The number of rotatable bonds is 1. The zero-order valence-corrected chi connectivity index (χ0v) is 9.91. The maximum absolute atomic E-state index is 12.8. The molecule has 0 aliphatic rings. The van der Waals surface area contributed by atoms with Gasteiger partial charge >= 0.3 is 18.7 Å². The fourth-order valence-corrected chi connectivity index (χ4v) is 1.63. The van der Waals surface area contributed by atoms with E-state index < -0.39 is 46.9 Å². The lowest BCUT2D eigenvalue weighted by Crippen LogP contribution is -2.17. The fourth-order valence-electron chi connectivity index (χ4n) is 1.63. The molecule has 2 rings (SSSR count). The molecule has 0 fully saturated rings. The quantitative estimate of drug-likeness (QED) is 0.778. The van der Waals surface area contributed by atoms with Gasteiger partial charge in [0.05, 0.1) is 11.1 Å². The van der Waals surface area contributed by atoms with E-state index in [2.05, 4.69) is 9.72 Å². The molecule has 1 N–H and O–H groups in total. The highest BCUT2D eigenvalue weighted by Gasteiger charge is 2.40. The van der Waals surface area contributed by atoms with Crippen LogP contribution in [0, 0.1) is 0 Å². The molecule has 0 aliphatic carbocycles. The van der Waals surface area contributed by atoms with E-state index in [1.807, 2.05) is 0 Å². The van der Waals surface area contributed by atoms with Crippen LogP contribution < -0.4 is 4.74 Å². The first kappa shape index (κ1) is 16.2. The van der Waals surface area contributed by atoms with E-state index in [9.17, 15) is 39.5 Å². The molecule has 0 spiro atoms. The number of imidazole rings is 1. The summed E-state index contributed by atoms with van der Waals surface area (Å²) in [6, 6.07) is 0.275. The molecule has 122 valence electrons. The summed E-state index contributed by atoms with van der Waals surface area (Å²) in [6.07, 6.45) is -15.6. The Kier molecular flexibility index (Phi) is 3.45. The molecule has 0 unspecified atom stereocenters. The Morgan fingerprint density at radius 3 is 1.91 bits per heavy atom. The van der Waals surface area contributed by atoms with Crippen LogP contribution in [0.15, 0.2) is 12.1 Å². The fraction of sp³-hybridized carbons (Fsp3) is 0.300. The second-order valence-corrected chi connectivity index (χ2v) is 4.00. The average Bonchev–Trinajstić information content (AvgIpc) is 2.67. The number of alkyl halides is 9. The van der Waals surface area contributed by atoms with E-state index in [1.165, 1.54) is 4.98 Å². The molecule has 1 heterocycles. The number of fused-ring (bicyclic) bond motifs is 1. The van der Waals surface area contributed by atoms with Gasteiger partial charge in [-0.2, -0.15) is 26.3 Å². The third-order valence-corrected chi connectivity index (χ3v) is 2.37. The Morgan fingerprint density at radius 2 is 1.45 bits per heavy atom. The number of benzene rings is 1. The molecule has 0 saturated heterocycles. The standard InChI is InChI=1S/C10H3F9N2O/c11-8(12,13)4-1-3(22-10(17,18)19)2-5-6(4)21-7(20-5)9(14,15)16/h1-2H,(H,20,21). The van der Waals surface area contributed by atoms with Crippen LogP contribution in [0.1, 0.15) is 11.4 Å². The van der Waals surface area contributed by atoms with Crippen LogP contribution in [-0.4, -0.2) is 16.3 Å². The summed E-state index contributed by atoms with van der Waals surface area (Å²) in [4.78, 5) is 4.24. The van der Waals surface area contributed by atoms with Gasteiger partial charge in [0, 0.05) is 6.07 Å². The number of nitrogens with zero attached hydrogens (tertiary/aromatic N) is 1. The molecule has 0 bridgehead atoms. The van der Waals surface area contributed by atoms with Gasteiger partial charge in [0.25, 0.3) is 0 Å². The van der Waals surface area contributed by atoms with Crippen molar-refractivity contribution in [3.8, 4) is 5.75 Å². The van der Waals surface area contributed by atoms with Crippen molar-refractivity contribution in [2.24, 2.45) is 0 Å². The van der Waals surface area contributed by atoms with E-state index in [4.69, 9.17) is 0 Å². The molecule has 3 nitrogen and oxygen atoms in total. The van der Waals surface area contributed by atoms with Gasteiger partial charge in [0.2, 0.25) is 5.82 Å². The topological polar surface area (TPSA) is 37.9 Å². The third-order valence-electron chi connectivity index (χ3n) is 2.37.